The van der Waals surface area contributed by atoms with Crippen LogP contribution in [0, 0.1) is 6.92 Å². The molecule has 1 heterocycles. The summed E-state index contributed by atoms with van der Waals surface area (Å²) in [7, 11) is 0. The number of carbonyl (C=O) groups is 1. The van der Waals surface area contributed by atoms with Crippen molar-refractivity contribution in [2.45, 2.75) is 44.9 Å². The fourth-order valence-electron chi connectivity index (χ4n) is 1.31. The first-order valence-electron chi connectivity index (χ1n) is 5.40. The van der Waals surface area contributed by atoms with Crippen molar-refractivity contribution in [3.8, 4) is 0 Å². The van der Waals surface area contributed by atoms with E-state index in [0.29, 0.717) is 10.9 Å². The highest BCUT2D eigenvalue weighted by Gasteiger charge is 2.17. The first-order chi connectivity index (χ1) is 7.80. The molecular weight excluding hydrogens is 236 g/mol. The van der Waals surface area contributed by atoms with Crippen LogP contribution >= 0.6 is 11.8 Å². The molecule has 0 fully saturated rings. The van der Waals surface area contributed by atoms with Crippen molar-refractivity contribution in [2.75, 3.05) is 6.26 Å². The van der Waals surface area contributed by atoms with Gasteiger partial charge in [0.1, 0.15) is 5.60 Å². The summed E-state index contributed by atoms with van der Waals surface area (Å²) in [5.41, 5.74) is 1.11. The molecule has 0 bridgehead atoms. The van der Waals surface area contributed by atoms with E-state index in [4.69, 9.17) is 4.74 Å². The maximum atomic E-state index is 11.6. The Bertz CT molecular complexity index is 413. The molecule has 0 atom stereocenters. The van der Waals surface area contributed by atoms with Gasteiger partial charge < -0.3 is 4.74 Å². The Morgan fingerprint density at radius 3 is 2.59 bits per heavy atom. The van der Waals surface area contributed by atoms with Crippen molar-refractivity contribution < 1.29 is 9.53 Å². The molecule has 17 heavy (non-hydrogen) atoms. The number of hydrogen-bond donors (Lipinski definition) is 0. The van der Waals surface area contributed by atoms with Gasteiger partial charge in [0.25, 0.3) is 0 Å². The van der Waals surface area contributed by atoms with Gasteiger partial charge in [-0.2, -0.15) is 0 Å². The number of rotatable bonds is 3. The van der Waals surface area contributed by atoms with Gasteiger partial charge in [0, 0.05) is 5.69 Å². The van der Waals surface area contributed by atoms with Gasteiger partial charge in [0.2, 0.25) is 0 Å². The van der Waals surface area contributed by atoms with Gasteiger partial charge in [-0.3, -0.25) is 4.79 Å². The smallest absolute Gasteiger partial charge is 0.312 e. The lowest BCUT2D eigenvalue weighted by Gasteiger charge is -2.19. The lowest BCUT2D eigenvalue weighted by atomic mass is 10.2. The fraction of sp³-hybridized carbons (Fsp3) is 0.583. The Kier molecular flexibility index (Phi) is 4.51. The molecule has 1 aromatic rings. The van der Waals surface area contributed by atoms with E-state index in [0.717, 1.165) is 5.69 Å². The Balaban J connectivity index is 2.74. The van der Waals surface area contributed by atoms with E-state index in [1.807, 2.05) is 40.0 Å². The standard InChI is InChI=1S/C12H18N2O2S/c1-8-6-9(14-11(13-8)17-5)7-10(15)16-12(2,3)4/h6H,7H2,1-5H3. The predicted molar refractivity (Wildman–Crippen MR) is 68.1 cm³/mol. The fourth-order valence-corrected chi connectivity index (χ4v) is 1.76. The van der Waals surface area contributed by atoms with Crippen molar-refractivity contribution in [2.24, 2.45) is 0 Å². The van der Waals surface area contributed by atoms with Gasteiger partial charge in [0.05, 0.1) is 12.1 Å². The Morgan fingerprint density at radius 2 is 2.06 bits per heavy atom. The first kappa shape index (κ1) is 14.0. The van der Waals surface area contributed by atoms with E-state index in [1.54, 1.807) is 0 Å². The molecular formula is C12H18N2O2S. The van der Waals surface area contributed by atoms with Crippen molar-refractivity contribution in [3.63, 3.8) is 0 Å². The van der Waals surface area contributed by atoms with E-state index < -0.39 is 5.60 Å². The minimum Gasteiger partial charge on any atom is -0.460 e. The summed E-state index contributed by atoms with van der Waals surface area (Å²) in [6.45, 7) is 7.44. The van der Waals surface area contributed by atoms with Crippen LogP contribution in [0.2, 0.25) is 0 Å². The second-order valence-electron chi connectivity index (χ2n) is 4.75. The minimum absolute atomic E-state index is 0.189. The molecule has 4 nitrogen and oxygen atoms in total. The molecule has 5 heteroatoms. The molecule has 0 aliphatic rings. The SMILES string of the molecule is CSc1nc(C)cc(CC(=O)OC(C)(C)C)n1. The van der Waals surface area contributed by atoms with E-state index >= 15 is 0 Å². The number of thioether (sulfide) groups is 1. The van der Waals surface area contributed by atoms with Crippen LogP contribution in [0.5, 0.6) is 0 Å². The molecule has 0 amide bonds. The molecule has 0 aromatic carbocycles. The number of carbonyl (C=O) groups excluding carboxylic acids is 1. The zero-order valence-corrected chi connectivity index (χ0v) is 11.7. The highest BCUT2D eigenvalue weighted by atomic mass is 32.2. The third-order valence-electron chi connectivity index (χ3n) is 1.81. The maximum absolute atomic E-state index is 11.6. The van der Waals surface area contributed by atoms with Gasteiger partial charge in [-0.25, -0.2) is 9.97 Å². The van der Waals surface area contributed by atoms with Gasteiger partial charge in [-0.1, -0.05) is 11.8 Å². The zero-order valence-electron chi connectivity index (χ0n) is 10.9. The summed E-state index contributed by atoms with van der Waals surface area (Å²) in [5.74, 6) is -0.261. The van der Waals surface area contributed by atoms with Crippen molar-refractivity contribution in [3.05, 3.63) is 17.5 Å². The topological polar surface area (TPSA) is 52.1 Å². The molecule has 0 radical (unpaired) electrons. The Labute approximate surface area is 106 Å². The largest absolute Gasteiger partial charge is 0.460 e. The third-order valence-corrected chi connectivity index (χ3v) is 2.36. The molecule has 0 N–H and O–H groups in total. The van der Waals surface area contributed by atoms with Crippen LogP contribution in [0.15, 0.2) is 11.2 Å². The quantitative estimate of drug-likeness (QED) is 0.471. The monoisotopic (exact) mass is 254 g/mol. The van der Waals surface area contributed by atoms with E-state index in [-0.39, 0.29) is 12.4 Å². The molecule has 0 saturated heterocycles. The average molecular weight is 254 g/mol. The van der Waals surface area contributed by atoms with Crippen molar-refractivity contribution in [1.82, 2.24) is 9.97 Å². The number of nitrogens with zero attached hydrogens (tertiary/aromatic N) is 2. The lowest BCUT2D eigenvalue weighted by molar-refractivity contribution is -0.154. The summed E-state index contributed by atoms with van der Waals surface area (Å²) in [6, 6.07) is 1.81. The second-order valence-corrected chi connectivity index (χ2v) is 5.52. The summed E-state index contributed by atoms with van der Waals surface area (Å²) in [6.07, 6.45) is 2.10. The molecule has 0 spiro atoms. The third kappa shape index (κ3) is 5.17. The second kappa shape index (κ2) is 5.49. The van der Waals surface area contributed by atoms with Crippen molar-refractivity contribution >= 4 is 17.7 Å². The van der Waals surface area contributed by atoms with Gasteiger partial charge in [-0.15, -0.1) is 0 Å². The summed E-state index contributed by atoms with van der Waals surface area (Å²) in [4.78, 5) is 20.2. The summed E-state index contributed by atoms with van der Waals surface area (Å²) >= 11 is 1.46. The van der Waals surface area contributed by atoms with Gasteiger partial charge in [-0.05, 0) is 40.0 Å². The maximum Gasteiger partial charge on any atom is 0.312 e. The number of aryl methyl sites for hydroxylation is 1. The van der Waals surface area contributed by atoms with Crippen LogP contribution in [0.25, 0.3) is 0 Å². The van der Waals surface area contributed by atoms with E-state index in [1.165, 1.54) is 11.8 Å². The highest BCUT2D eigenvalue weighted by Crippen LogP contribution is 2.13. The van der Waals surface area contributed by atoms with Crippen LogP contribution in [0.1, 0.15) is 32.2 Å². The van der Waals surface area contributed by atoms with Gasteiger partial charge in [0.15, 0.2) is 5.16 Å². The zero-order chi connectivity index (χ0) is 13.1. The summed E-state index contributed by atoms with van der Waals surface area (Å²) in [5, 5.41) is 0.684. The van der Waals surface area contributed by atoms with Crippen LogP contribution in [0.4, 0.5) is 0 Å². The Morgan fingerprint density at radius 1 is 1.41 bits per heavy atom. The van der Waals surface area contributed by atoms with Gasteiger partial charge >= 0.3 is 5.97 Å². The Hall–Kier alpha value is -1.10. The normalized spacial score (nSPS) is 11.4. The molecule has 94 valence electrons. The van der Waals surface area contributed by atoms with Crippen molar-refractivity contribution in [1.29, 1.82) is 0 Å². The predicted octanol–water partition coefficient (Wildman–Crippen LogP) is 2.39. The minimum atomic E-state index is -0.457. The lowest BCUT2D eigenvalue weighted by Crippen LogP contribution is -2.25. The number of ether oxygens (including phenoxy) is 1. The van der Waals surface area contributed by atoms with E-state index in [9.17, 15) is 4.79 Å². The number of esters is 1. The average Bonchev–Trinajstić information content (AvgIpc) is 2.13. The molecule has 0 unspecified atom stereocenters. The summed E-state index contributed by atoms with van der Waals surface area (Å²) < 4.78 is 5.25. The van der Waals surface area contributed by atoms with Crippen LogP contribution < -0.4 is 0 Å². The van der Waals surface area contributed by atoms with Crippen LogP contribution in [-0.2, 0) is 16.0 Å². The highest BCUT2D eigenvalue weighted by molar-refractivity contribution is 7.98. The van der Waals surface area contributed by atoms with Crippen LogP contribution in [-0.4, -0.2) is 27.8 Å². The number of aromatic nitrogens is 2. The molecule has 0 aliphatic carbocycles. The van der Waals surface area contributed by atoms with E-state index in [2.05, 4.69) is 9.97 Å². The number of hydrogen-bond acceptors (Lipinski definition) is 5. The van der Waals surface area contributed by atoms with Crippen LogP contribution in [0.3, 0.4) is 0 Å². The molecule has 0 saturated carbocycles. The molecule has 0 aliphatic heterocycles. The first-order valence-corrected chi connectivity index (χ1v) is 6.63. The molecule has 1 rings (SSSR count). The molecule has 1 aromatic heterocycles.